The van der Waals surface area contributed by atoms with E-state index in [1.807, 2.05) is 33.3 Å². The molecule has 0 saturated carbocycles. The van der Waals surface area contributed by atoms with E-state index < -0.39 is 20.0 Å². The number of rotatable bonds is 65. The zero-order chi connectivity index (χ0) is 62.1. The molecule has 0 saturated heterocycles. The molecule has 0 aromatic rings. The summed E-state index contributed by atoms with van der Waals surface area (Å²) in [6, 6.07) is -0.857. The van der Waals surface area contributed by atoms with Crippen LogP contribution in [-0.4, -0.2) is 74.3 Å². The van der Waals surface area contributed by atoms with E-state index in [2.05, 4.69) is 99.0 Å². The van der Waals surface area contributed by atoms with Gasteiger partial charge in [0.2, 0.25) is 5.91 Å². The highest BCUT2D eigenvalue weighted by molar-refractivity contribution is 7.47. The topological polar surface area (TPSA) is 111 Å². The number of carbonyl (C=O) groups is 2. The molecule has 85 heavy (non-hydrogen) atoms. The van der Waals surface area contributed by atoms with E-state index in [0.29, 0.717) is 17.4 Å². The van der Waals surface area contributed by atoms with Gasteiger partial charge in [-0.1, -0.05) is 318 Å². The van der Waals surface area contributed by atoms with E-state index in [0.717, 1.165) is 122 Å². The van der Waals surface area contributed by atoms with E-state index >= 15 is 0 Å². The number of amides is 1. The Kier molecular flexibility index (Phi) is 62.1. The molecule has 1 amide bonds. The molecular weight excluding hydrogens is 1070 g/mol. The molecular formula is C75H138N2O7P+. The van der Waals surface area contributed by atoms with Crippen LogP contribution in [0.2, 0.25) is 0 Å². The molecule has 0 aliphatic heterocycles. The summed E-state index contributed by atoms with van der Waals surface area (Å²) in [6.07, 6.45) is 86.0. The van der Waals surface area contributed by atoms with Crippen molar-refractivity contribution in [1.82, 2.24) is 5.32 Å². The maximum atomic E-state index is 13.6. The normalized spacial score (nSPS) is 14.0. The van der Waals surface area contributed by atoms with E-state index in [9.17, 15) is 19.0 Å². The van der Waals surface area contributed by atoms with Crippen LogP contribution in [0.1, 0.15) is 329 Å². The number of phosphoric acid groups is 1. The fourth-order valence-corrected chi connectivity index (χ4v) is 11.1. The van der Waals surface area contributed by atoms with Gasteiger partial charge in [-0.25, -0.2) is 4.57 Å². The largest absolute Gasteiger partial charge is 0.472 e. The van der Waals surface area contributed by atoms with Gasteiger partial charge in [-0.2, -0.15) is 0 Å². The van der Waals surface area contributed by atoms with Gasteiger partial charge in [0.25, 0.3) is 0 Å². The van der Waals surface area contributed by atoms with Gasteiger partial charge < -0.3 is 19.4 Å². The van der Waals surface area contributed by atoms with Crippen molar-refractivity contribution in [1.29, 1.82) is 0 Å². The Balaban J connectivity index is 5.05. The number of unbranched alkanes of at least 4 members (excludes halogenated alkanes) is 37. The van der Waals surface area contributed by atoms with Crippen LogP contribution in [0.4, 0.5) is 0 Å². The first-order chi connectivity index (χ1) is 41.4. The Labute approximate surface area is 526 Å². The summed E-state index contributed by atoms with van der Waals surface area (Å²) >= 11 is 0. The van der Waals surface area contributed by atoms with Crippen LogP contribution in [0.25, 0.3) is 0 Å². The highest BCUT2D eigenvalue weighted by atomic mass is 31.2. The second-order valence-corrected chi connectivity index (χ2v) is 26.8. The Morgan fingerprint density at radius 3 is 1.13 bits per heavy atom. The molecule has 494 valence electrons. The summed E-state index contributed by atoms with van der Waals surface area (Å²) < 4.78 is 30.8. The van der Waals surface area contributed by atoms with Gasteiger partial charge in [0.15, 0.2) is 0 Å². The van der Waals surface area contributed by atoms with E-state index in [4.69, 9.17) is 13.8 Å². The number of phosphoric ester groups is 1. The summed E-state index contributed by atoms with van der Waals surface area (Å²) in [7, 11) is 1.49. The number of hydrogen-bond acceptors (Lipinski definition) is 6. The maximum Gasteiger partial charge on any atom is 0.472 e. The molecule has 0 aromatic heterocycles. The SMILES string of the molecule is CC/C=C\C/C=C\C/C=C\C/C=C\C/C=C\C/C=C\CCCCCCCCC(=O)OC(/C=C/CCCCCCCCCCC)C(COP(=O)(O)OCC[N+](C)(C)C)NC(=O)CCCCCCCCCCCCCCCCCCCCCCCCC. The molecule has 0 aliphatic rings. The highest BCUT2D eigenvalue weighted by Crippen LogP contribution is 2.43. The van der Waals surface area contributed by atoms with Gasteiger partial charge in [-0.15, -0.1) is 0 Å². The van der Waals surface area contributed by atoms with Crippen LogP contribution in [0.3, 0.4) is 0 Å². The molecule has 2 N–H and O–H groups in total. The quantitative estimate of drug-likeness (QED) is 0.0205. The summed E-state index contributed by atoms with van der Waals surface area (Å²) in [5.41, 5.74) is 0. The smallest absolute Gasteiger partial charge is 0.456 e. The van der Waals surface area contributed by atoms with Gasteiger partial charge in [-0.05, 0) is 83.1 Å². The molecule has 3 atom stereocenters. The van der Waals surface area contributed by atoms with Crippen LogP contribution in [0, 0.1) is 0 Å². The molecule has 0 radical (unpaired) electrons. The first kappa shape index (κ1) is 82.2. The van der Waals surface area contributed by atoms with Gasteiger partial charge in [-0.3, -0.25) is 18.6 Å². The van der Waals surface area contributed by atoms with Crippen molar-refractivity contribution in [2.45, 2.75) is 341 Å². The molecule has 3 unspecified atom stereocenters. The lowest BCUT2D eigenvalue weighted by molar-refractivity contribution is -0.870. The summed E-state index contributed by atoms with van der Waals surface area (Å²) in [5.74, 6) is -0.513. The van der Waals surface area contributed by atoms with Crippen LogP contribution in [0.15, 0.2) is 85.1 Å². The minimum Gasteiger partial charge on any atom is -0.456 e. The summed E-state index contributed by atoms with van der Waals surface area (Å²) in [5, 5.41) is 3.07. The predicted molar refractivity (Wildman–Crippen MR) is 369 cm³/mol. The number of hydrogen-bond donors (Lipinski definition) is 2. The third-order valence-electron chi connectivity index (χ3n) is 15.8. The Bertz CT molecular complexity index is 1730. The van der Waals surface area contributed by atoms with Gasteiger partial charge in [0.1, 0.15) is 19.3 Å². The van der Waals surface area contributed by atoms with Crippen molar-refractivity contribution < 1.29 is 37.3 Å². The van der Waals surface area contributed by atoms with Crippen molar-refractivity contribution in [3.05, 3.63) is 85.1 Å². The monoisotopic (exact) mass is 1210 g/mol. The van der Waals surface area contributed by atoms with E-state index in [1.165, 1.54) is 173 Å². The number of nitrogens with zero attached hydrogens (tertiary/aromatic N) is 1. The number of ether oxygens (including phenoxy) is 1. The number of likely N-dealkylation sites (N-methyl/N-ethyl adjacent to an activating group) is 1. The lowest BCUT2D eigenvalue weighted by atomic mass is 10.0. The Hall–Kier alpha value is -2.81. The Morgan fingerprint density at radius 1 is 0.424 bits per heavy atom. The second kappa shape index (κ2) is 64.2. The lowest BCUT2D eigenvalue weighted by Gasteiger charge is -2.27. The molecule has 0 heterocycles. The maximum absolute atomic E-state index is 13.6. The molecule has 0 aliphatic carbocycles. The average Bonchev–Trinajstić information content (AvgIpc) is 3.58. The first-order valence-corrected chi connectivity index (χ1v) is 37.4. The molecule has 0 rings (SSSR count). The standard InChI is InChI=1S/C75H137N2O7P/c1-7-10-13-16-19-22-25-27-29-31-33-35-37-38-40-42-44-46-48-50-53-56-59-62-65-68-75(79)84-73(66-63-60-57-54-51-24-21-18-15-12-9-3)72(71-83-85(80,81)82-70-69-77(4,5)6)76-74(78)67-64-61-58-55-52-49-47-45-43-41-39-36-34-32-30-28-26-23-20-17-14-11-8-2/h10,13,19,22,27,29,33,35,38,40,44,46,63,66,72-73H,7-9,11-12,14-18,20-21,23-26,28,30-32,34,36-37,39,41-43,45,47-62,64-65,67-71H2,1-6H3,(H-,76,78,80,81)/p+1/b13-10-,22-19-,29-27-,35-33-,40-38-,46-44-,66-63+. The number of carbonyl (C=O) groups excluding carboxylic acids is 2. The predicted octanol–water partition coefficient (Wildman–Crippen LogP) is 22.9. The zero-order valence-corrected chi connectivity index (χ0v) is 57.5. The van der Waals surface area contributed by atoms with Gasteiger partial charge >= 0.3 is 13.8 Å². The van der Waals surface area contributed by atoms with E-state index in [-0.39, 0.29) is 31.5 Å². The van der Waals surface area contributed by atoms with Crippen LogP contribution in [-0.2, 0) is 27.9 Å². The number of nitrogens with one attached hydrogen (secondary N) is 1. The summed E-state index contributed by atoms with van der Waals surface area (Å²) in [6.45, 7) is 6.92. The van der Waals surface area contributed by atoms with Crippen LogP contribution in [0.5, 0.6) is 0 Å². The number of quaternary nitrogens is 1. The molecule has 10 heteroatoms. The first-order valence-electron chi connectivity index (χ1n) is 35.9. The molecule has 9 nitrogen and oxygen atoms in total. The van der Waals surface area contributed by atoms with Crippen LogP contribution < -0.4 is 5.32 Å². The zero-order valence-electron chi connectivity index (χ0n) is 56.6. The minimum atomic E-state index is -4.46. The number of esters is 1. The van der Waals surface area contributed by atoms with Crippen molar-refractivity contribution in [2.24, 2.45) is 0 Å². The van der Waals surface area contributed by atoms with Crippen molar-refractivity contribution >= 4 is 19.7 Å². The Morgan fingerprint density at radius 2 is 0.753 bits per heavy atom. The van der Waals surface area contributed by atoms with Crippen LogP contribution >= 0.6 is 7.82 Å². The average molecular weight is 1210 g/mol. The van der Waals surface area contributed by atoms with E-state index in [1.54, 1.807) is 0 Å². The molecule has 0 spiro atoms. The third-order valence-corrected chi connectivity index (χ3v) is 16.8. The van der Waals surface area contributed by atoms with Crippen molar-refractivity contribution in [3.63, 3.8) is 0 Å². The minimum absolute atomic E-state index is 0.0361. The second-order valence-electron chi connectivity index (χ2n) is 25.4. The van der Waals surface area contributed by atoms with Crippen molar-refractivity contribution in [2.75, 3.05) is 40.9 Å². The third kappa shape index (κ3) is 65.5. The lowest BCUT2D eigenvalue weighted by Crippen LogP contribution is -2.47. The van der Waals surface area contributed by atoms with Gasteiger partial charge in [0.05, 0.1) is 33.8 Å². The fourth-order valence-electron chi connectivity index (χ4n) is 10.4. The molecule has 0 bridgehead atoms. The molecule has 0 aromatic carbocycles. The number of allylic oxidation sites excluding steroid dienone is 13. The highest BCUT2D eigenvalue weighted by Gasteiger charge is 2.30. The molecule has 0 fully saturated rings. The van der Waals surface area contributed by atoms with Crippen molar-refractivity contribution in [3.8, 4) is 0 Å². The van der Waals surface area contributed by atoms with Gasteiger partial charge in [0, 0.05) is 12.8 Å². The summed E-state index contributed by atoms with van der Waals surface area (Å²) in [4.78, 5) is 37.9. The fraction of sp³-hybridized carbons (Fsp3) is 0.787.